The molecule has 2 aliphatic heterocycles. The van der Waals surface area contributed by atoms with Gasteiger partial charge in [-0.1, -0.05) is 36.4 Å². The molecule has 3 aliphatic rings. The van der Waals surface area contributed by atoms with Gasteiger partial charge < -0.3 is 5.11 Å². The number of phenolic OH excluding ortho intramolecular Hbond substituents is 1. The van der Waals surface area contributed by atoms with Crippen molar-refractivity contribution >= 4 is 0 Å². The second-order valence-electron chi connectivity index (χ2n) is 7.19. The Morgan fingerprint density at radius 1 is 0.957 bits per heavy atom. The SMILES string of the molecule is Oc1ccc2c(c1)C[C@H]1CC[C@@H](C2)CN1CCc1ccccc1. The van der Waals surface area contributed by atoms with E-state index in [1.807, 2.05) is 12.1 Å². The third kappa shape index (κ3) is 3.28. The van der Waals surface area contributed by atoms with Crippen LogP contribution < -0.4 is 0 Å². The number of hydrogen-bond donors (Lipinski definition) is 1. The van der Waals surface area contributed by atoms with Crippen LogP contribution in [0.25, 0.3) is 0 Å². The van der Waals surface area contributed by atoms with Crippen LogP contribution in [0.5, 0.6) is 5.75 Å². The molecule has 5 rings (SSSR count). The highest BCUT2D eigenvalue weighted by Crippen LogP contribution is 2.33. The van der Waals surface area contributed by atoms with Gasteiger partial charge in [-0.15, -0.1) is 0 Å². The summed E-state index contributed by atoms with van der Waals surface area (Å²) in [6.07, 6.45) is 6.05. The molecule has 2 atom stereocenters. The van der Waals surface area contributed by atoms with E-state index in [1.54, 1.807) is 0 Å². The Balaban J connectivity index is 1.51. The maximum atomic E-state index is 9.82. The lowest BCUT2D eigenvalue weighted by molar-refractivity contribution is 0.102. The Kier molecular flexibility index (Phi) is 4.09. The van der Waals surface area contributed by atoms with Crippen molar-refractivity contribution in [3.8, 4) is 5.75 Å². The third-order valence-corrected chi connectivity index (χ3v) is 5.60. The Morgan fingerprint density at radius 3 is 2.70 bits per heavy atom. The van der Waals surface area contributed by atoms with E-state index in [4.69, 9.17) is 0 Å². The lowest BCUT2D eigenvalue weighted by Gasteiger charge is -2.42. The molecule has 0 saturated carbocycles. The molecule has 0 spiro atoms. The summed E-state index contributed by atoms with van der Waals surface area (Å²) in [5.41, 5.74) is 4.26. The molecule has 0 unspecified atom stereocenters. The summed E-state index contributed by atoms with van der Waals surface area (Å²) in [5, 5.41) is 9.82. The topological polar surface area (TPSA) is 23.5 Å². The predicted molar refractivity (Wildman–Crippen MR) is 93.7 cm³/mol. The summed E-state index contributed by atoms with van der Waals surface area (Å²) in [5.74, 6) is 1.18. The van der Waals surface area contributed by atoms with E-state index in [0.717, 1.165) is 25.3 Å². The molecule has 2 aromatic carbocycles. The minimum absolute atomic E-state index is 0.413. The standard InChI is InChI=1S/C21H25NO/c23-21-9-7-18-12-17-6-8-20(13-19(18)14-21)22(15-17)11-10-16-4-2-1-3-5-16/h1-5,7,9,14,17,20,23H,6,8,10-13,15H2/t17-,20+/m0/s1. The molecular weight excluding hydrogens is 282 g/mol. The summed E-state index contributed by atoms with van der Waals surface area (Å²) in [7, 11) is 0. The zero-order chi connectivity index (χ0) is 15.6. The minimum atomic E-state index is 0.413. The van der Waals surface area contributed by atoms with Gasteiger partial charge >= 0.3 is 0 Å². The second kappa shape index (κ2) is 6.37. The van der Waals surface area contributed by atoms with E-state index in [0.29, 0.717) is 11.8 Å². The summed E-state index contributed by atoms with van der Waals surface area (Å²) in [4.78, 5) is 2.70. The number of nitrogens with zero attached hydrogens (tertiary/aromatic N) is 1. The zero-order valence-corrected chi connectivity index (χ0v) is 13.6. The number of benzene rings is 2. The fourth-order valence-electron chi connectivity index (χ4n) is 4.34. The molecular formula is C21H25NO. The fraction of sp³-hybridized carbons (Fsp3) is 0.429. The average molecular weight is 307 g/mol. The molecule has 1 aliphatic carbocycles. The first-order chi connectivity index (χ1) is 11.3. The second-order valence-corrected chi connectivity index (χ2v) is 7.19. The lowest BCUT2D eigenvalue weighted by atomic mass is 9.80. The molecule has 0 radical (unpaired) electrons. The van der Waals surface area contributed by atoms with E-state index < -0.39 is 0 Å². The molecule has 120 valence electrons. The van der Waals surface area contributed by atoms with Gasteiger partial charge in [-0.2, -0.15) is 0 Å². The number of fused-ring (bicyclic) bond motifs is 2. The summed E-state index contributed by atoms with van der Waals surface area (Å²) < 4.78 is 0. The highest BCUT2D eigenvalue weighted by atomic mass is 16.3. The molecule has 2 nitrogen and oxygen atoms in total. The largest absolute Gasteiger partial charge is 0.508 e. The fourth-order valence-corrected chi connectivity index (χ4v) is 4.34. The van der Waals surface area contributed by atoms with E-state index in [1.165, 1.54) is 42.5 Å². The van der Waals surface area contributed by atoms with Crippen molar-refractivity contribution in [1.29, 1.82) is 0 Å². The molecule has 2 bridgehead atoms. The lowest BCUT2D eigenvalue weighted by Crippen LogP contribution is -2.47. The Hall–Kier alpha value is -1.80. The molecule has 2 heteroatoms. The molecule has 1 saturated heterocycles. The van der Waals surface area contributed by atoms with Crippen molar-refractivity contribution in [2.45, 2.75) is 38.1 Å². The monoisotopic (exact) mass is 307 g/mol. The molecule has 23 heavy (non-hydrogen) atoms. The van der Waals surface area contributed by atoms with Gasteiger partial charge in [0.25, 0.3) is 0 Å². The Labute approximate surface area is 138 Å². The van der Waals surface area contributed by atoms with Crippen molar-refractivity contribution in [3.05, 3.63) is 65.2 Å². The van der Waals surface area contributed by atoms with Gasteiger partial charge in [-0.05, 0) is 66.8 Å². The summed E-state index contributed by atoms with van der Waals surface area (Å²) in [6, 6.07) is 17.4. The predicted octanol–water partition coefficient (Wildman–Crippen LogP) is 3.81. The first-order valence-corrected chi connectivity index (χ1v) is 8.86. The number of piperidine rings is 1. The van der Waals surface area contributed by atoms with Crippen molar-refractivity contribution in [2.24, 2.45) is 5.92 Å². The maximum Gasteiger partial charge on any atom is 0.115 e. The normalized spacial score (nSPS) is 24.0. The molecule has 0 aromatic heterocycles. The van der Waals surface area contributed by atoms with Gasteiger partial charge in [-0.3, -0.25) is 4.90 Å². The Morgan fingerprint density at radius 2 is 1.83 bits per heavy atom. The van der Waals surface area contributed by atoms with E-state index in [-0.39, 0.29) is 0 Å². The van der Waals surface area contributed by atoms with Crippen molar-refractivity contribution in [2.75, 3.05) is 13.1 Å². The highest BCUT2D eigenvalue weighted by molar-refractivity contribution is 5.36. The van der Waals surface area contributed by atoms with Crippen LogP contribution in [0.3, 0.4) is 0 Å². The zero-order valence-electron chi connectivity index (χ0n) is 13.6. The van der Waals surface area contributed by atoms with Crippen LogP contribution in [0.15, 0.2) is 48.5 Å². The van der Waals surface area contributed by atoms with Crippen LogP contribution in [0.4, 0.5) is 0 Å². The molecule has 1 N–H and O–H groups in total. The van der Waals surface area contributed by atoms with Gasteiger partial charge in [0.1, 0.15) is 5.75 Å². The van der Waals surface area contributed by atoms with Crippen LogP contribution in [0.1, 0.15) is 29.5 Å². The van der Waals surface area contributed by atoms with Gasteiger partial charge in [0.2, 0.25) is 0 Å². The first-order valence-electron chi connectivity index (χ1n) is 8.86. The van der Waals surface area contributed by atoms with Crippen molar-refractivity contribution in [3.63, 3.8) is 0 Å². The number of rotatable bonds is 3. The van der Waals surface area contributed by atoms with Gasteiger partial charge in [0.15, 0.2) is 0 Å². The quantitative estimate of drug-likeness (QED) is 0.932. The van der Waals surface area contributed by atoms with Gasteiger partial charge in [0.05, 0.1) is 0 Å². The van der Waals surface area contributed by atoms with Crippen LogP contribution in [-0.4, -0.2) is 29.1 Å². The third-order valence-electron chi connectivity index (χ3n) is 5.60. The molecule has 2 aromatic rings. The minimum Gasteiger partial charge on any atom is -0.508 e. The molecule has 2 heterocycles. The van der Waals surface area contributed by atoms with Crippen LogP contribution in [0, 0.1) is 5.92 Å². The van der Waals surface area contributed by atoms with E-state index in [2.05, 4.69) is 41.3 Å². The van der Waals surface area contributed by atoms with Crippen LogP contribution in [-0.2, 0) is 19.3 Å². The highest BCUT2D eigenvalue weighted by Gasteiger charge is 2.31. The van der Waals surface area contributed by atoms with E-state index >= 15 is 0 Å². The number of hydrogen-bond acceptors (Lipinski definition) is 2. The summed E-state index contributed by atoms with van der Waals surface area (Å²) in [6.45, 7) is 2.39. The number of aromatic hydroxyl groups is 1. The van der Waals surface area contributed by atoms with Gasteiger partial charge in [0, 0.05) is 19.1 Å². The number of phenols is 1. The summed E-state index contributed by atoms with van der Waals surface area (Å²) >= 11 is 0. The first kappa shape index (κ1) is 14.8. The average Bonchev–Trinajstić information content (AvgIpc) is 2.55. The van der Waals surface area contributed by atoms with Crippen LogP contribution >= 0.6 is 0 Å². The van der Waals surface area contributed by atoms with Gasteiger partial charge in [-0.25, -0.2) is 0 Å². The molecule has 0 amide bonds. The van der Waals surface area contributed by atoms with Crippen molar-refractivity contribution < 1.29 is 5.11 Å². The van der Waals surface area contributed by atoms with Crippen molar-refractivity contribution in [1.82, 2.24) is 4.90 Å². The Bertz CT molecular complexity index is 667. The maximum absolute atomic E-state index is 9.82. The van der Waals surface area contributed by atoms with E-state index in [9.17, 15) is 5.11 Å². The molecule has 1 fully saturated rings. The van der Waals surface area contributed by atoms with Crippen LogP contribution in [0.2, 0.25) is 0 Å². The smallest absolute Gasteiger partial charge is 0.115 e.